The Balaban J connectivity index is 2.04. The van der Waals surface area contributed by atoms with Crippen molar-refractivity contribution in [3.63, 3.8) is 0 Å². The van der Waals surface area contributed by atoms with Crippen LogP contribution in [0.25, 0.3) is 10.9 Å². The van der Waals surface area contributed by atoms with Gasteiger partial charge in [0.1, 0.15) is 6.33 Å². The van der Waals surface area contributed by atoms with Crippen molar-refractivity contribution in [2.45, 2.75) is 13.3 Å². The van der Waals surface area contributed by atoms with Gasteiger partial charge in [-0.15, -0.1) is 0 Å². The Labute approximate surface area is 138 Å². The highest BCUT2D eigenvalue weighted by atomic mass is 16.6. The fourth-order valence-corrected chi connectivity index (χ4v) is 2.36. The molecule has 2 heterocycles. The molecule has 0 unspecified atom stereocenters. The van der Waals surface area contributed by atoms with E-state index in [1.807, 2.05) is 37.3 Å². The van der Waals surface area contributed by atoms with Crippen LogP contribution in [0.5, 0.6) is 0 Å². The van der Waals surface area contributed by atoms with Crippen LogP contribution in [0.3, 0.4) is 0 Å². The predicted octanol–water partition coefficient (Wildman–Crippen LogP) is 3.50. The van der Waals surface area contributed by atoms with Gasteiger partial charge in [0.25, 0.3) is 0 Å². The van der Waals surface area contributed by atoms with E-state index in [0.717, 1.165) is 17.3 Å². The molecule has 1 aromatic carbocycles. The third-order valence-electron chi connectivity index (χ3n) is 3.45. The zero-order valence-corrected chi connectivity index (χ0v) is 13.1. The minimum Gasteiger partial charge on any atom is -0.364 e. The van der Waals surface area contributed by atoms with Gasteiger partial charge in [-0.1, -0.05) is 13.0 Å². The molecular formula is C16H16N6O2. The molecule has 0 spiro atoms. The van der Waals surface area contributed by atoms with Gasteiger partial charge in [0, 0.05) is 23.8 Å². The fourth-order valence-electron chi connectivity index (χ4n) is 2.36. The van der Waals surface area contributed by atoms with Crippen LogP contribution in [0.4, 0.5) is 23.0 Å². The third-order valence-corrected chi connectivity index (χ3v) is 3.45. The van der Waals surface area contributed by atoms with E-state index in [0.29, 0.717) is 12.2 Å². The molecule has 0 aliphatic carbocycles. The van der Waals surface area contributed by atoms with Gasteiger partial charge >= 0.3 is 5.69 Å². The Hall–Kier alpha value is -3.29. The summed E-state index contributed by atoms with van der Waals surface area (Å²) in [6.45, 7) is 2.57. The molecule has 3 rings (SSSR count). The summed E-state index contributed by atoms with van der Waals surface area (Å²) in [7, 11) is 0. The molecule has 8 heteroatoms. The molecule has 0 aliphatic rings. The van der Waals surface area contributed by atoms with E-state index < -0.39 is 4.92 Å². The Morgan fingerprint density at radius 3 is 2.75 bits per heavy atom. The summed E-state index contributed by atoms with van der Waals surface area (Å²) in [6.07, 6.45) is 3.83. The first-order valence-corrected chi connectivity index (χ1v) is 7.54. The number of nitrogens with zero attached hydrogens (tertiary/aromatic N) is 4. The number of pyridine rings is 1. The molecule has 24 heavy (non-hydrogen) atoms. The molecular weight excluding hydrogens is 308 g/mol. The second-order valence-electron chi connectivity index (χ2n) is 5.10. The van der Waals surface area contributed by atoms with Crippen LogP contribution in [-0.4, -0.2) is 26.4 Å². The van der Waals surface area contributed by atoms with Crippen LogP contribution in [0.15, 0.2) is 42.9 Å². The minimum atomic E-state index is -0.482. The second kappa shape index (κ2) is 6.86. The van der Waals surface area contributed by atoms with Crippen LogP contribution < -0.4 is 10.6 Å². The van der Waals surface area contributed by atoms with Crippen LogP contribution in [0.1, 0.15) is 13.3 Å². The SMILES string of the molecule is CCCNc1ncnc(Nc2cccc3ncccc23)c1[N+](=O)[O-]. The Kier molecular flexibility index (Phi) is 4.46. The van der Waals surface area contributed by atoms with E-state index in [1.54, 1.807) is 6.20 Å². The van der Waals surface area contributed by atoms with Gasteiger partial charge in [-0.25, -0.2) is 9.97 Å². The molecule has 0 fully saturated rings. The lowest BCUT2D eigenvalue weighted by molar-refractivity contribution is -0.383. The van der Waals surface area contributed by atoms with Crippen LogP contribution >= 0.6 is 0 Å². The normalized spacial score (nSPS) is 10.5. The predicted molar refractivity (Wildman–Crippen MR) is 92.5 cm³/mol. The van der Waals surface area contributed by atoms with Crippen molar-refractivity contribution in [1.29, 1.82) is 0 Å². The van der Waals surface area contributed by atoms with Gasteiger partial charge in [0.15, 0.2) is 0 Å². The van der Waals surface area contributed by atoms with Gasteiger partial charge in [-0.05, 0) is 30.7 Å². The molecule has 122 valence electrons. The average Bonchev–Trinajstić information content (AvgIpc) is 2.60. The van der Waals surface area contributed by atoms with Gasteiger partial charge in [0.05, 0.1) is 10.4 Å². The van der Waals surface area contributed by atoms with Crippen molar-refractivity contribution >= 4 is 33.9 Å². The van der Waals surface area contributed by atoms with Crippen molar-refractivity contribution in [2.75, 3.05) is 17.2 Å². The van der Waals surface area contributed by atoms with Crippen molar-refractivity contribution in [1.82, 2.24) is 15.0 Å². The van der Waals surface area contributed by atoms with Crippen LogP contribution in [0, 0.1) is 10.1 Å². The quantitative estimate of drug-likeness (QED) is 0.528. The first-order chi connectivity index (χ1) is 11.7. The third kappa shape index (κ3) is 3.07. The molecule has 0 saturated heterocycles. The summed E-state index contributed by atoms with van der Waals surface area (Å²) in [5.74, 6) is 0.350. The Morgan fingerprint density at radius 2 is 1.96 bits per heavy atom. The summed E-state index contributed by atoms with van der Waals surface area (Å²) in [5.41, 5.74) is 1.32. The smallest absolute Gasteiger partial charge is 0.353 e. The number of hydrogen-bond acceptors (Lipinski definition) is 7. The first kappa shape index (κ1) is 15.6. The molecule has 0 saturated carbocycles. The van der Waals surface area contributed by atoms with E-state index in [4.69, 9.17) is 0 Å². The van der Waals surface area contributed by atoms with E-state index in [1.165, 1.54) is 6.33 Å². The van der Waals surface area contributed by atoms with E-state index in [9.17, 15) is 10.1 Å². The standard InChI is InChI=1S/C16H16N6O2/c1-2-8-18-15-14(22(23)24)16(20-10-19-15)21-13-7-3-6-12-11(13)5-4-9-17-12/h3-7,9-10H,2,8H2,1H3,(H2,18,19,20,21). The van der Waals surface area contributed by atoms with E-state index in [2.05, 4.69) is 25.6 Å². The highest BCUT2D eigenvalue weighted by Gasteiger charge is 2.23. The summed E-state index contributed by atoms with van der Waals surface area (Å²) in [4.78, 5) is 23.3. The molecule has 0 aliphatic heterocycles. The average molecular weight is 324 g/mol. The lowest BCUT2D eigenvalue weighted by Gasteiger charge is -2.11. The van der Waals surface area contributed by atoms with Crippen molar-refractivity contribution < 1.29 is 4.92 Å². The molecule has 2 N–H and O–H groups in total. The maximum atomic E-state index is 11.5. The van der Waals surface area contributed by atoms with Crippen molar-refractivity contribution in [2.24, 2.45) is 0 Å². The molecule has 0 bridgehead atoms. The Morgan fingerprint density at radius 1 is 1.12 bits per heavy atom. The van der Waals surface area contributed by atoms with Crippen LogP contribution in [0.2, 0.25) is 0 Å². The monoisotopic (exact) mass is 324 g/mol. The molecule has 0 atom stereocenters. The topological polar surface area (TPSA) is 106 Å². The van der Waals surface area contributed by atoms with E-state index in [-0.39, 0.29) is 17.3 Å². The Bertz CT molecular complexity index is 878. The summed E-state index contributed by atoms with van der Waals surface area (Å²) in [5, 5.41) is 18.4. The van der Waals surface area contributed by atoms with Crippen molar-refractivity contribution in [3.05, 3.63) is 53.0 Å². The number of nitrogens with one attached hydrogen (secondary N) is 2. The minimum absolute atomic E-state index is 0.143. The number of nitro groups is 1. The maximum Gasteiger partial charge on any atom is 0.353 e. The number of benzene rings is 1. The number of aromatic nitrogens is 3. The number of anilines is 3. The molecule has 0 amide bonds. The van der Waals surface area contributed by atoms with Crippen LogP contribution in [-0.2, 0) is 0 Å². The largest absolute Gasteiger partial charge is 0.364 e. The van der Waals surface area contributed by atoms with Gasteiger partial charge in [-0.2, -0.15) is 0 Å². The molecule has 3 aromatic rings. The second-order valence-corrected chi connectivity index (χ2v) is 5.10. The van der Waals surface area contributed by atoms with Gasteiger partial charge in [-0.3, -0.25) is 15.1 Å². The van der Waals surface area contributed by atoms with Gasteiger partial charge < -0.3 is 10.6 Å². The van der Waals surface area contributed by atoms with Crippen molar-refractivity contribution in [3.8, 4) is 0 Å². The molecule has 0 radical (unpaired) electrons. The number of fused-ring (bicyclic) bond motifs is 1. The number of hydrogen-bond donors (Lipinski definition) is 2. The molecule has 2 aromatic heterocycles. The highest BCUT2D eigenvalue weighted by molar-refractivity contribution is 5.93. The molecule has 8 nitrogen and oxygen atoms in total. The zero-order chi connectivity index (χ0) is 16.9. The van der Waals surface area contributed by atoms with Gasteiger partial charge in [0.2, 0.25) is 11.6 Å². The van der Waals surface area contributed by atoms with E-state index >= 15 is 0 Å². The highest BCUT2D eigenvalue weighted by Crippen LogP contribution is 2.33. The zero-order valence-electron chi connectivity index (χ0n) is 13.1. The summed E-state index contributed by atoms with van der Waals surface area (Å²) < 4.78 is 0. The number of rotatable bonds is 6. The first-order valence-electron chi connectivity index (χ1n) is 7.54. The fraction of sp³-hybridized carbons (Fsp3) is 0.188. The summed E-state index contributed by atoms with van der Waals surface area (Å²) >= 11 is 0. The summed E-state index contributed by atoms with van der Waals surface area (Å²) in [6, 6.07) is 9.25. The lowest BCUT2D eigenvalue weighted by atomic mass is 10.2. The lowest BCUT2D eigenvalue weighted by Crippen LogP contribution is -2.08. The maximum absolute atomic E-state index is 11.5.